The third-order valence-corrected chi connectivity index (χ3v) is 4.03. The van der Waals surface area contributed by atoms with Crippen molar-refractivity contribution in [3.05, 3.63) is 46.8 Å². The van der Waals surface area contributed by atoms with E-state index in [1.54, 1.807) is 0 Å². The number of nitrogens with zero attached hydrogens (tertiary/aromatic N) is 2. The summed E-state index contributed by atoms with van der Waals surface area (Å²) in [4.78, 5) is 0. The van der Waals surface area contributed by atoms with Crippen LogP contribution in [-0.2, 0) is 13.5 Å². The monoisotopic (exact) mass is 272 g/mol. The highest BCUT2D eigenvalue weighted by molar-refractivity contribution is 5.48. The average molecular weight is 272 g/mol. The summed E-state index contributed by atoms with van der Waals surface area (Å²) in [5.74, 6) is 6.78. The third kappa shape index (κ3) is 2.09. The van der Waals surface area contributed by atoms with Gasteiger partial charge in [0.1, 0.15) is 5.75 Å². The van der Waals surface area contributed by atoms with Crippen LogP contribution in [0.3, 0.4) is 0 Å². The second-order valence-corrected chi connectivity index (χ2v) is 5.20. The van der Waals surface area contributed by atoms with Crippen LogP contribution in [0.4, 0.5) is 0 Å². The zero-order valence-electron chi connectivity index (χ0n) is 11.9. The Morgan fingerprint density at radius 3 is 2.95 bits per heavy atom. The molecule has 3 N–H and O–H groups in total. The van der Waals surface area contributed by atoms with Crippen molar-refractivity contribution in [1.29, 1.82) is 0 Å². The number of para-hydroxylation sites is 1. The lowest BCUT2D eigenvalue weighted by atomic mass is 9.94. The standard InChI is InChI=1S/C15H20N4O/c1-10-13(9-17-19(10)2)14(18-16)12-7-3-5-11-6-4-8-20-15(11)12/h3,5,7,9,14,18H,4,6,8,16H2,1-2H3. The molecule has 0 saturated heterocycles. The number of hydrogen-bond acceptors (Lipinski definition) is 4. The van der Waals surface area contributed by atoms with Crippen LogP contribution in [-0.4, -0.2) is 16.4 Å². The minimum absolute atomic E-state index is 0.100. The molecule has 106 valence electrons. The fourth-order valence-electron chi connectivity index (χ4n) is 2.79. The molecule has 2 aromatic rings. The number of benzene rings is 1. The number of rotatable bonds is 3. The van der Waals surface area contributed by atoms with Crippen molar-refractivity contribution in [3.8, 4) is 5.75 Å². The quantitative estimate of drug-likeness (QED) is 0.658. The summed E-state index contributed by atoms with van der Waals surface area (Å²) < 4.78 is 7.74. The van der Waals surface area contributed by atoms with Gasteiger partial charge in [0.25, 0.3) is 0 Å². The molecule has 1 aliphatic heterocycles. The molecular formula is C15H20N4O. The normalized spacial score (nSPS) is 15.6. The van der Waals surface area contributed by atoms with Gasteiger partial charge in [-0.2, -0.15) is 5.10 Å². The van der Waals surface area contributed by atoms with Gasteiger partial charge in [-0.05, 0) is 25.3 Å². The van der Waals surface area contributed by atoms with Gasteiger partial charge in [0, 0.05) is 23.9 Å². The van der Waals surface area contributed by atoms with E-state index in [0.29, 0.717) is 0 Å². The fraction of sp³-hybridized carbons (Fsp3) is 0.400. The van der Waals surface area contributed by atoms with Crippen LogP contribution in [0.25, 0.3) is 0 Å². The zero-order chi connectivity index (χ0) is 14.1. The molecule has 0 amide bonds. The predicted octanol–water partition coefficient (Wildman–Crippen LogP) is 1.61. The van der Waals surface area contributed by atoms with E-state index in [2.05, 4.69) is 28.7 Å². The van der Waals surface area contributed by atoms with E-state index in [4.69, 9.17) is 10.6 Å². The van der Waals surface area contributed by atoms with Gasteiger partial charge in [0.05, 0.1) is 18.8 Å². The minimum atomic E-state index is -0.100. The number of fused-ring (bicyclic) bond motifs is 1. The molecule has 1 unspecified atom stereocenters. The van der Waals surface area contributed by atoms with E-state index in [0.717, 1.165) is 42.0 Å². The van der Waals surface area contributed by atoms with Gasteiger partial charge in [-0.3, -0.25) is 10.5 Å². The van der Waals surface area contributed by atoms with E-state index in [9.17, 15) is 0 Å². The lowest BCUT2D eigenvalue weighted by molar-refractivity contribution is 0.283. The molecule has 1 aromatic carbocycles. The highest BCUT2D eigenvalue weighted by Gasteiger charge is 2.24. The van der Waals surface area contributed by atoms with E-state index >= 15 is 0 Å². The van der Waals surface area contributed by atoms with Gasteiger partial charge in [0.15, 0.2) is 0 Å². The first-order valence-corrected chi connectivity index (χ1v) is 6.91. The second kappa shape index (κ2) is 5.26. The van der Waals surface area contributed by atoms with E-state index in [1.165, 1.54) is 5.56 Å². The van der Waals surface area contributed by atoms with Gasteiger partial charge >= 0.3 is 0 Å². The minimum Gasteiger partial charge on any atom is -0.493 e. The van der Waals surface area contributed by atoms with Gasteiger partial charge < -0.3 is 4.74 Å². The Labute approximate surface area is 118 Å². The number of nitrogens with one attached hydrogen (secondary N) is 1. The van der Waals surface area contributed by atoms with Crippen molar-refractivity contribution in [1.82, 2.24) is 15.2 Å². The van der Waals surface area contributed by atoms with Gasteiger partial charge in [-0.15, -0.1) is 0 Å². The van der Waals surface area contributed by atoms with Crippen LogP contribution in [0, 0.1) is 6.92 Å². The highest BCUT2D eigenvalue weighted by Crippen LogP contribution is 2.36. The Morgan fingerprint density at radius 2 is 2.25 bits per heavy atom. The predicted molar refractivity (Wildman–Crippen MR) is 77.4 cm³/mol. The summed E-state index contributed by atoms with van der Waals surface area (Å²) >= 11 is 0. The molecule has 0 radical (unpaired) electrons. The summed E-state index contributed by atoms with van der Waals surface area (Å²) in [7, 11) is 1.93. The van der Waals surface area contributed by atoms with Crippen LogP contribution < -0.4 is 16.0 Å². The molecule has 1 atom stereocenters. The molecule has 1 aliphatic rings. The van der Waals surface area contributed by atoms with Crippen LogP contribution in [0.15, 0.2) is 24.4 Å². The number of hydrazine groups is 1. The molecule has 2 heterocycles. The van der Waals surface area contributed by atoms with Crippen molar-refractivity contribution in [2.45, 2.75) is 25.8 Å². The zero-order valence-corrected chi connectivity index (χ0v) is 11.9. The first kappa shape index (κ1) is 13.1. The second-order valence-electron chi connectivity index (χ2n) is 5.20. The maximum atomic E-state index is 5.88. The highest BCUT2D eigenvalue weighted by atomic mass is 16.5. The first-order chi connectivity index (χ1) is 9.72. The molecule has 3 rings (SSSR count). The summed E-state index contributed by atoms with van der Waals surface area (Å²) in [6.07, 6.45) is 4.00. The maximum absolute atomic E-state index is 5.88. The number of hydrogen-bond donors (Lipinski definition) is 2. The summed E-state index contributed by atoms with van der Waals surface area (Å²) in [6.45, 7) is 2.82. The van der Waals surface area contributed by atoms with Crippen molar-refractivity contribution in [3.63, 3.8) is 0 Å². The van der Waals surface area contributed by atoms with Gasteiger partial charge in [-0.25, -0.2) is 5.43 Å². The smallest absolute Gasteiger partial charge is 0.127 e. The summed E-state index contributed by atoms with van der Waals surface area (Å²) in [5.41, 5.74) is 7.43. The molecule has 20 heavy (non-hydrogen) atoms. The third-order valence-electron chi connectivity index (χ3n) is 4.03. The number of aryl methyl sites for hydroxylation is 2. The van der Waals surface area contributed by atoms with E-state index in [1.807, 2.05) is 24.9 Å². The van der Waals surface area contributed by atoms with Crippen LogP contribution in [0.2, 0.25) is 0 Å². The first-order valence-electron chi connectivity index (χ1n) is 6.91. The molecule has 5 heteroatoms. The fourth-order valence-corrected chi connectivity index (χ4v) is 2.79. The largest absolute Gasteiger partial charge is 0.493 e. The molecule has 5 nitrogen and oxygen atoms in total. The Balaban J connectivity index is 2.08. The maximum Gasteiger partial charge on any atom is 0.127 e. The van der Waals surface area contributed by atoms with Crippen molar-refractivity contribution in [2.24, 2.45) is 12.9 Å². The van der Waals surface area contributed by atoms with Crippen molar-refractivity contribution < 1.29 is 4.74 Å². The van der Waals surface area contributed by atoms with Crippen LogP contribution >= 0.6 is 0 Å². The lowest BCUT2D eigenvalue weighted by Crippen LogP contribution is -2.30. The van der Waals surface area contributed by atoms with E-state index < -0.39 is 0 Å². The number of nitrogens with two attached hydrogens (primary N) is 1. The van der Waals surface area contributed by atoms with Crippen LogP contribution in [0.1, 0.15) is 34.8 Å². The molecule has 0 spiro atoms. The molecule has 0 aliphatic carbocycles. The van der Waals surface area contributed by atoms with Crippen molar-refractivity contribution in [2.75, 3.05) is 6.61 Å². The average Bonchev–Trinajstić information content (AvgIpc) is 2.81. The topological polar surface area (TPSA) is 65.1 Å². The summed E-state index contributed by atoms with van der Waals surface area (Å²) in [5, 5.41) is 4.30. The lowest BCUT2D eigenvalue weighted by Gasteiger charge is -2.24. The molecular weight excluding hydrogens is 252 g/mol. The number of ether oxygens (including phenoxy) is 1. The number of aromatic nitrogens is 2. The van der Waals surface area contributed by atoms with Gasteiger partial charge in [-0.1, -0.05) is 18.2 Å². The Bertz CT molecular complexity index is 620. The Hall–Kier alpha value is -1.85. The van der Waals surface area contributed by atoms with Crippen LogP contribution in [0.5, 0.6) is 5.75 Å². The SMILES string of the molecule is Cc1c(C(NN)c2cccc3c2OCCC3)cnn1C. The molecule has 0 saturated carbocycles. The Kier molecular flexibility index (Phi) is 3.46. The molecule has 0 fully saturated rings. The summed E-state index contributed by atoms with van der Waals surface area (Å²) in [6, 6.07) is 6.17. The van der Waals surface area contributed by atoms with Crippen molar-refractivity contribution >= 4 is 0 Å². The Morgan fingerprint density at radius 1 is 1.40 bits per heavy atom. The van der Waals surface area contributed by atoms with E-state index in [-0.39, 0.29) is 6.04 Å². The molecule has 1 aromatic heterocycles. The molecule has 0 bridgehead atoms. The van der Waals surface area contributed by atoms with Gasteiger partial charge in [0.2, 0.25) is 0 Å².